The lowest BCUT2D eigenvalue weighted by Crippen LogP contribution is -2.50. The van der Waals surface area contributed by atoms with Gasteiger partial charge in [-0.1, -0.05) is 18.2 Å². The number of likely N-dealkylation sites (tertiary alicyclic amines) is 1. The fraction of sp³-hybridized carbons (Fsp3) is 0.611. The Morgan fingerprint density at radius 2 is 1.86 bits per heavy atom. The first-order chi connectivity index (χ1) is 10.6. The van der Waals surface area contributed by atoms with Crippen molar-refractivity contribution in [1.29, 1.82) is 0 Å². The third kappa shape index (κ3) is 3.50. The van der Waals surface area contributed by atoms with Crippen LogP contribution >= 0.6 is 0 Å². The molecule has 0 saturated carbocycles. The maximum Gasteiger partial charge on any atom is 0.254 e. The summed E-state index contributed by atoms with van der Waals surface area (Å²) in [7, 11) is 0. The molecule has 2 fully saturated rings. The number of carbonyl (C=O) groups is 1. The summed E-state index contributed by atoms with van der Waals surface area (Å²) in [5.41, 5.74) is 0.804. The molecule has 1 aromatic carbocycles. The van der Waals surface area contributed by atoms with Gasteiger partial charge in [0, 0.05) is 37.8 Å². The third-order valence-corrected chi connectivity index (χ3v) is 4.62. The predicted octanol–water partition coefficient (Wildman–Crippen LogP) is 2.40. The van der Waals surface area contributed by atoms with E-state index in [-0.39, 0.29) is 18.1 Å². The van der Waals surface area contributed by atoms with Crippen LogP contribution in [0.15, 0.2) is 30.3 Å². The van der Waals surface area contributed by atoms with Crippen LogP contribution in [0.1, 0.15) is 37.0 Å². The molecule has 0 aliphatic carbocycles. The minimum absolute atomic E-state index is 0.178. The van der Waals surface area contributed by atoms with E-state index < -0.39 is 0 Å². The molecular weight excluding hydrogens is 276 g/mol. The zero-order chi connectivity index (χ0) is 15.5. The highest BCUT2D eigenvalue weighted by Crippen LogP contribution is 2.22. The Kier molecular flexibility index (Phi) is 4.79. The average Bonchev–Trinajstić information content (AvgIpc) is 2.94. The number of hydrogen-bond donors (Lipinski definition) is 0. The number of rotatable bonds is 3. The maximum absolute atomic E-state index is 12.7. The Morgan fingerprint density at radius 1 is 1.18 bits per heavy atom. The van der Waals surface area contributed by atoms with Gasteiger partial charge in [0.1, 0.15) is 0 Å². The summed E-state index contributed by atoms with van der Waals surface area (Å²) >= 11 is 0. The Balaban J connectivity index is 1.64. The topological polar surface area (TPSA) is 32.8 Å². The quantitative estimate of drug-likeness (QED) is 0.859. The monoisotopic (exact) mass is 302 g/mol. The largest absolute Gasteiger partial charge is 0.373 e. The van der Waals surface area contributed by atoms with Crippen LogP contribution in [0.25, 0.3) is 0 Å². The van der Waals surface area contributed by atoms with Crippen molar-refractivity contribution in [2.45, 2.75) is 44.9 Å². The van der Waals surface area contributed by atoms with E-state index >= 15 is 0 Å². The van der Waals surface area contributed by atoms with Gasteiger partial charge in [0.05, 0.1) is 12.2 Å². The first-order valence-electron chi connectivity index (χ1n) is 8.37. The summed E-state index contributed by atoms with van der Waals surface area (Å²) < 4.78 is 5.80. The smallest absolute Gasteiger partial charge is 0.254 e. The first-order valence-corrected chi connectivity index (χ1v) is 8.37. The van der Waals surface area contributed by atoms with Crippen molar-refractivity contribution in [3.8, 4) is 0 Å². The number of amides is 1. The van der Waals surface area contributed by atoms with E-state index in [4.69, 9.17) is 4.74 Å². The van der Waals surface area contributed by atoms with Crippen LogP contribution in [0.2, 0.25) is 0 Å². The molecule has 0 aromatic heterocycles. The van der Waals surface area contributed by atoms with Crippen molar-refractivity contribution in [1.82, 2.24) is 9.80 Å². The molecule has 4 nitrogen and oxygen atoms in total. The van der Waals surface area contributed by atoms with Crippen molar-refractivity contribution in [3.63, 3.8) is 0 Å². The summed E-state index contributed by atoms with van der Waals surface area (Å²) in [6, 6.07) is 9.99. The molecule has 0 N–H and O–H groups in total. The number of hydrogen-bond acceptors (Lipinski definition) is 3. The third-order valence-electron chi connectivity index (χ3n) is 4.62. The SMILES string of the molecule is C[C@@H]1CN(C[C@@H]2CCCN2C(=O)c2ccccc2)C[C@H](C)O1. The van der Waals surface area contributed by atoms with Gasteiger partial charge < -0.3 is 9.64 Å². The summed E-state index contributed by atoms with van der Waals surface area (Å²) in [5.74, 6) is 0.178. The lowest BCUT2D eigenvalue weighted by Gasteiger charge is -2.38. The van der Waals surface area contributed by atoms with E-state index in [0.717, 1.165) is 44.6 Å². The van der Waals surface area contributed by atoms with Gasteiger partial charge in [0.15, 0.2) is 0 Å². The van der Waals surface area contributed by atoms with E-state index in [1.54, 1.807) is 0 Å². The van der Waals surface area contributed by atoms with Crippen molar-refractivity contribution >= 4 is 5.91 Å². The van der Waals surface area contributed by atoms with Gasteiger partial charge in [-0.25, -0.2) is 0 Å². The lowest BCUT2D eigenvalue weighted by atomic mass is 10.1. The molecule has 2 aliphatic heterocycles. The van der Waals surface area contributed by atoms with Crippen LogP contribution < -0.4 is 0 Å². The van der Waals surface area contributed by atoms with E-state index in [0.29, 0.717) is 6.04 Å². The van der Waals surface area contributed by atoms with Gasteiger partial charge in [-0.05, 0) is 38.8 Å². The molecule has 120 valence electrons. The fourth-order valence-corrected chi connectivity index (χ4v) is 3.77. The van der Waals surface area contributed by atoms with Crippen LogP contribution in [-0.2, 0) is 4.74 Å². The van der Waals surface area contributed by atoms with Crippen LogP contribution in [0.4, 0.5) is 0 Å². The molecule has 3 rings (SSSR count). The predicted molar refractivity (Wildman–Crippen MR) is 86.9 cm³/mol. The molecule has 4 heteroatoms. The second-order valence-corrected chi connectivity index (χ2v) is 6.64. The first kappa shape index (κ1) is 15.5. The van der Waals surface area contributed by atoms with Crippen molar-refractivity contribution < 1.29 is 9.53 Å². The number of benzene rings is 1. The van der Waals surface area contributed by atoms with Gasteiger partial charge in [-0.15, -0.1) is 0 Å². The molecule has 3 atom stereocenters. The van der Waals surface area contributed by atoms with Gasteiger partial charge in [0.25, 0.3) is 5.91 Å². The van der Waals surface area contributed by atoms with Crippen molar-refractivity contribution in [2.24, 2.45) is 0 Å². The molecule has 0 bridgehead atoms. The maximum atomic E-state index is 12.7. The van der Waals surface area contributed by atoms with Crippen LogP contribution in [0.5, 0.6) is 0 Å². The van der Waals surface area contributed by atoms with Gasteiger partial charge in [0.2, 0.25) is 0 Å². The van der Waals surface area contributed by atoms with Gasteiger partial charge >= 0.3 is 0 Å². The van der Waals surface area contributed by atoms with Crippen LogP contribution in [0, 0.1) is 0 Å². The Morgan fingerprint density at radius 3 is 2.55 bits per heavy atom. The van der Waals surface area contributed by atoms with Crippen LogP contribution in [-0.4, -0.2) is 60.1 Å². The molecule has 22 heavy (non-hydrogen) atoms. The molecule has 2 heterocycles. The molecule has 0 unspecified atom stereocenters. The summed E-state index contributed by atoms with van der Waals surface area (Å²) in [6.07, 6.45) is 2.78. The zero-order valence-electron chi connectivity index (χ0n) is 13.6. The normalized spacial score (nSPS) is 29.7. The van der Waals surface area contributed by atoms with Gasteiger partial charge in [-0.2, -0.15) is 0 Å². The zero-order valence-corrected chi connectivity index (χ0v) is 13.6. The standard InChI is InChI=1S/C18H26N2O2/c1-14-11-19(12-15(2)22-14)13-17-9-6-10-20(17)18(21)16-7-4-3-5-8-16/h3-5,7-8,14-15,17H,6,9-13H2,1-2H3/t14-,15+,17-/m0/s1. The van der Waals surface area contributed by atoms with Crippen molar-refractivity contribution in [2.75, 3.05) is 26.2 Å². The number of nitrogens with zero attached hydrogens (tertiary/aromatic N) is 2. The Hall–Kier alpha value is -1.39. The van der Waals surface area contributed by atoms with E-state index in [9.17, 15) is 4.79 Å². The highest BCUT2D eigenvalue weighted by molar-refractivity contribution is 5.94. The van der Waals surface area contributed by atoms with Crippen LogP contribution in [0.3, 0.4) is 0 Å². The second kappa shape index (κ2) is 6.80. The molecule has 0 radical (unpaired) electrons. The summed E-state index contributed by atoms with van der Waals surface area (Å²) in [5, 5.41) is 0. The van der Waals surface area contributed by atoms with E-state index in [1.807, 2.05) is 30.3 Å². The highest BCUT2D eigenvalue weighted by Gasteiger charge is 2.32. The molecule has 0 spiro atoms. The molecule has 1 amide bonds. The van der Waals surface area contributed by atoms with Gasteiger partial charge in [-0.3, -0.25) is 9.69 Å². The molecular formula is C18H26N2O2. The summed E-state index contributed by atoms with van der Waals surface area (Å²) in [6.45, 7) is 8.04. The number of morpholine rings is 1. The minimum Gasteiger partial charge on any atom is -0.373 e. The average molecular weight is 302 g/mol. The molecule has 2 saturated heterocycles. The van der Waals surface area contributed by atoms with E-state index in [1.165, 1.54) is 0 Å². The Labute approximate surface area is 133 Å². The lowest BCUT2D eigenvalue weighted by molar-refractivity contribution is -0.0715. The summed E-state index contributed by atoms with van der Waals surface area (Å²) in [4.78, 5) is 17.2. The van der Waals surface area contributed by atoms with E-state index in [2.05, 4.69) is 23.6 Å². The number of ether oxygens (including phenoxy) is 1. The molecule has 1 aromatic rings. The Bertz CT molecular complexity index is 495. The minimum atomic E-state index is 0.178. The second-order valence-electron chi connectivity index (χ2n) is 6.64. The van der Waals surface area contributed by atoms with Crippen molar-refractivity contribution in [3.05, 3.63) is 35.9 Å². The molecule has 2 aliphatic rings. The highest BCUT2D eigenvalue weighted by atomic mass is 16.5. The fourth-order valence-electron chi connectivity index (χ4n) is 3.77. The number of carbonyl (C=O) groups excluding carboxylic acids is 1.